The Bertz CT molecular complexity index is 299. The minimum atomic E-state index is -0.720. The number of Topliss-reactive ketones (excluding diaryl/α,β-unsaturated/α-hetero) is 1. The van der Waals surface area contributed by atoms with Crippen LogP contribution >= 0.6 is 0 Å². The average Bonchev–Trinajstić information content (AvgIpc) is 2.35. The van der Waals surface area contributed by atoms with Gasteiger partial charge in [0, 0.05) is 12.3 Å². The van der Waals surface area contributed by atoms with Gasteiger partial charge in [0.15, 0.2) is 5.78 Å². The third-order valence-electron chi connectivity index (χ3n) is 3.76. The normalized spacial score (nSPS) is 24.3. The molecule has 3 nitrogen and oxygen atoms in total. The summed E-state index contributed by atoms with van der Waals surface area (Å²) in [7, 11) is 0. The zero-order chi connectivity index (χ0) is 12.8. The highest BCUT2D eigenvalue weighted by atomic mass is 16.4. The number of carbonyl (C=O) groups is 2. The lowest BCUT2D eigenvalue weighted by Gasteiger charge is -2.27. The Balaban J connectivity index is 2.33. The van der Waals surface area contributed by atoms with E-state index in [2.05, 4.69) is 6.58 Å². The van der Waals surface area contributed by atoms with E-state index in [9.17, 15) is 9.59 Å². The second-order valence-corrected chi connectivity index (χ2v) is 4.97. The molecule has 0 atom stereocenters. The molecule has 0 radical (unpaired) electrons. The fourth-order valence-electron chi connectivity index (χ4n) is 2.50. The maximum atomic E-state index is 11.9. The van der Waals surface area contributed by atoms with Crippen LogP contribution in [0.5, 0.6) is 0 Å². The molecule has 0 aromatic carbocycles. The average molecular weight is 238 g/mol. The molecule has 17 heavy (non-hydrogen) atoms. The molecule has 0 bridgehead atoms. The second-order valence-electron chi connectivity index (χ2n) is 4.97. The molecule has 0 heterocycles. The molecule has 1 fully saturated rings. The summed E-state index contributed by atoms with van der Waals surface area (Å²) in [5.41, 5.74) is 0.735. The van der Waals surface area contributed by atoms with Crippen LogP contribution in [0.4, 0.5) is 0 Å². The fourth-order valence-corrected chi connectivity index (χ4v) is 2.50. The summed E-state index contributed by atoms with van der Waals surface area (Å²) in [6, 6.07) is 0. The summed E-state index contributed by atoms with van der Waals surface area (Å²) in [5.74, 6) is 0.139. The number of rotatable bonds is 6. The maximum absolute atomic E-state index is 11.9. The predicted octanol–water partition coefficient (Wildman–Crippen LogP) is 3.19. The van der Waals surface area contributed by atoms with E-state index in [1.807, 2.05) is 6.92 Å². The van der Waals surface area contributed by atoms with Gasteiger partial charge in [-0.3, -0.25) is 9.59 Å². The van der Waals surface area contributed by atoms with Gasteiger partial charge in [-0.2, -0.15) is 0 Å². The van der Waals surface area contributed by atoms with Crippen LogP contribution in [0.2, 0.25) is 0 Å². The molecular formula is C14H22O3. The lowest BCUT2D eigenvalue weighted by Crippen LogP contribution is -2.23. The summed E-state index contributed by atoms with van der Waals surface area (Å²) in [5, 5.41) is 8.62. The van der Waals surface area contributed by atoms with Crippen molar-refractivity contribution in [1.82, 2.24) is 0 Å². The summed E-state index contributed by atoms with van der Waals surface area (Å²) < 4.78 is 0. The Morgan fingerprint density at radius 1 is 1.24 bits per heavy atom. The highest BCUT2D eigenvalue weighted by molar-refractivity contribution is 5.96. The van der Waals surface area contributed by atoms with Crippen LogP contribution in [-0.4, -0.2) is 16.9 Å². The molecule has 0 saturated heterocycles. The number of aliphatic carboxylic acids is 1. The number of hydrogen-bond acceptors (Lipinski definition) is 2. The number of carbonyl (C=O) groups excluding carboxylic acids is 1. The van der Waals surface area contributed by atoms with E-state index in [1.165, 1.54) is 0 Å². The largest absolute Gasteiger partial charge is 0.481 e. The standard InChI is InChI=1S/C14H22O3/c1-3-10(2)14(17)12-7-4-11(5-8-12)6-9-13(15)16/h11-12H,2-9H2,1H3,(H,15,16). The van der Waals surface area contributed by atoms with Crippen molar-refractivity contribution in [2.24, 2.45) is 11.8 Å². The topological polar surface area (TPSA) is 54.4 Å². The molecule has 1 aliphatic rings. The first-order valence-electron chi connectivity index (χ1n) is 6.48. The first-order chi connectivity index (χ1) is 8.04. The SMILES string of the molecule is C=C(CC)C(=O)C1CCC(CCC(=O)O)CC1. The summed E-state index contributed by atoms with van der Waals surface area (Å²) in [4.78, 5) is 22.4. The minimum Gasteiger partial charge on any atom is -0.481 e. The molecule has 1 saturated carbocycles. The highest BCUT2D eigenvalue weighted by Gasteiger charge is 2.26. The van der Waals surface area contributed by atoms with Gasteiger partial charge < -0.3 is 5.11 Å². The molecule has 0 aliphatic heterocycles. The second kappa shape index (κ2) is 6.58. The van der Waals surface area contributed by atoms with E-state index in [0.717, 1.165) is 44.1 Å². The van der Waals surface area contributed by atoms with Crippen molar-refractivity contribution < 1.29 is 14.7 Å². The van der Waals surface area contributed by atoms with E-state index in [0.29, 0.717) is 5.92 Å². The lowest BCUT2D eigenvalue weighted by molar-refractivity contribution is -0.137. The number of hydrogen-bond donors (Lipinski definition) is 1. The Kier molecular flexibility index (Phi) is 5.39. The minimum absolute atomic E-state index is 0.142. The van der Waals surface area contributed by atoms with Gasteiger partial charge in [0.2, 0.25) is 0 Å². The van der Waals surface area contributed by atoms with Crippen LogP contribution in [0, 0.1) is 11.8 Å². The van der Waals surface area contributed by atoms with Crippen molar-refractivity contribution in [3.63, 3.8) is 0 Å². The highest BCUT2D eigenvalue weighted by Crippen LogP contribution is 2.33. The molecule has 3 heteroatoms. The molecular weight excluding hydrogens is 216 g/mol. The third kappa shape index (κ3) is 4.33. The van der Waals surface area contributed by atoms with E-state index < -0.39 is 5.97 Å². The van der Waals surface area contributed by atoms with Crippen molar-refractivity contribution in [3.05, 3.63) is 12.2 Å². The molecule has 1 N–H and O–H groups in total. The van der Waals surface area contributed by atoms with Gasteiger partial charge in [-0.25, -0.2) is 0 Å². The van der Waals surface area contributed by atoms with Gasteiger partial charge in [0.1, 0.15) is 0 Å². The Morgan fingerprint density at radius 2 is 1.82 bits per heavy atom. The molecule has 0 amide bonds. The van der Waals surface area contributed by atoms with Crippen molar-refractivity contribution in [2.75, 3.05) is 0 Å². The summed E-state index contributed by atoms with van der Waals surface area (Å²) in [6.45, 7) is 5.76. The van der Waals surface area contributed by atoms with Crippen LogP contribution in [-0.2, 0) is 9.59 Å². The van der Waals surface area contributed by atoms with Gasteiger partial charge in [0.25, 0.3) is 0 Å². The van der Waals surface area contributed by atoms with Crippen LogP contribution in [0.25, 0.3) is 0 Å². The molecule has 0 spiro atoms. The fraction of sp³-hybridized carbons (Fsp3) is 0.714. The van der Waals surface area contributed by atoms with E-state index in [1.54, 1.807) is 0 Å². The molecule has 1 aliphatic carbocycles. The van der Waals surface area contributed by atoms with Gasteiger partial charge in [-0.1, -0.05) is 13.5 Å². The maximum Gasteiger partial charge on any atom is 0.303 e. The van der Waals surface area contributed by atoms with Crippen molar-refractivity contribution >= 4 is 11.8 Å². The Hall–Kier alpha value is -1.12. The number of carboxylic acids is 1. The molecule has 0 aromatic heterocycles. The van der Waals surface area contributed by atoms with Crippen molar-refractivity contribution in [2.45, 2.75) is 51.9 Å². The van der Waals surface area contributed by atoms with E-state index in [-0.39, 0.29) is 18.1 Å². The third-order valence-corrected chi connectivity index (χ3v) is 3.76. The van der Waals surface area contributed by atoms with E-state index >= 15 is 0 Å². The molecule has 0 unspecified atom stereocenters. The zero-order valence-electron chi connectivity index (χ0n) is 10.6. The molecule has 96 valence electrons. The smallest absolute Gasteiger partial charge is 0.303 e. The predicted molar refractivity (Wildman–Crippen MR) is 66.8 cm³/mol. The quantitative estimate of drug-likeness (QED) is 0.723. The van der Waals surface area contributed by atoms with Crippen LogP contribution in [0.1, 0.15) is 51.9 Å². The number of ketones is 1. The summed E-state index contributed by atoms with van der Waals surface area (Å²) in [6.07, 6.45) is 5.53. The lowest BCUT2D eigenvalue weighted by atomic mass is 9.77. The Labute approximate surface area is 103 Å². The van der Waals surface area contributed by atoms with Gasteiger partial charge >= 0.3 is 5.97 Å². The Morgan fingerprint density at radius 3 is 2.29 bits per heavy atom. The summed E-state index contributed by atoms with van der Waals surface area (Å²) >= 11 is 0. The van der Waals surface area contributed by atoms with Crippen LogP contribution in [0.3, 0.4) is 0 Å². The van der Waals surface area contributed by atoms with E-state index in [4.69, 9.17) is 5.11 Å². The van der Waals surface area contributed by atoms with Crippen molar-refractivity contribution in [1.29, 1.82) is 0 Å². The number of carboxylic acid groups (broad SMARTS) is 1. The first kappa shape index (κ1) is 13.9. The molecule has 0 aromatic rings. The number of allylic oxidation sites excluding steroid dienone is 1. The van der Waals surface area contributed by atoms with Gasteiger partial charge in [-0.15, -0.1) is 0 Å². The van der Waals surface area contributed by atoms with Gasteiger partial charge in [-0.05, 0) is 50.0 Å². The van der Waals surface area contributed by atoms with Crippen LogP contribution in [0.15, 0.2) is 12.2 Å². The first-order valence-corrected chi connectivity index (χ1v) is 6.48. The van der Waals surface area contributed by atoms with Crippen molar-refractivity contribution in [3.8, 4) is 0 Å². The van der Waals surface area contributed by atoms with Gasteiger partial charge in [0.05, 0.1) is 0 Å². The zero-order valence-corrected chi connectivity index (χ0v) is 10.6. The monoisotopic (exact) mass is 238 g/mol. The molecule has 1 rings (SSSR count). The van der Waals surface area contributed by atoms with Crippen LogP contribution < -0.4 is 0 Å².